The highest BCUT2D eigenvalue weighted by Gasteiger charge is 2.20. The minimum absolute atomic E-state index is 0.0911. The molecule has 2 heterocycles. The highest BCUT2D eigenvalue weighted by molar-refractivity contribution is 7.89. The summed E-state index contributed by atoms with van der Waals surface area (Å²) < 4.78 is 31.8. The van der Waals surface area contributed by atoms with E-state index in [1.165, 1.54) is 0 Å². The average molecular weight is 343 g/mol. The Labute approximate surface area is 138 Å². The monoisotopic (exact) mass is 343 g/mol. The van der Waals surface area contributed by atoms with Crippen LogP contribution in [0.1, 0.15) is 10.4 Å². The predicted molar refractivity (Wildman–Crippen MR) is 88.3 cm³/mol. The molecule has 1 N–H and O–H groups in total. The summed E-state index contributed by atoms with van der Waals surface area (Å²) in [5.74, 6) is -0.221. The van der Waals surface area contributed by atoms with Crippen molar-refractivity contribution in [2.45, 2.75) is 0 Å². The zero-order chi connectivity index (χ0) is 17.3. The van der Waals surface area contributed by atoms with Crippen molar-refractivity contribution >= 4 is 32.4 Å². The molecular formula is C16H13N3O4S. The van der Waals surface area contributed by atoms with Gasteiger partial charge in [-0.2, -0.15) is 5.26 Å². The Hall–Kier alpha value is -3.05. The molecule has 0 aliphatic carbocycles. The van der Waals surface area contributed by atoms with E-state index in [-0.39, 0.29) is 12.2 Å². The minimum Gasteiger partial charge on any atom is -0.477 e. The molecule has 0 unspecified atom stereocenters. The number of ether oxygens (including phenoxy) is 1. The first-order chi connectivity index (χ1) is 11.4. The van der Waals surface area contributed by atoms with Gasteiger partial charge in [0.15, 0.2) is 6.61 Å². The quantitative estimate of drug-likeness (QED) is 0.777. The molecule has 0 aliphatic heterocycles. The minimum atomic E-state index is -3.68. The SMILES string of the molecule is CS(=O)(=O)NC(=O)c1c2ccccc2n2cc(OCC#N)ccc12. The van der Waals surface area contributed by atoms with E-state index in [2.05, 4.69) is 0 Å². The van der Waals surface area contributed by atoms with Crippen LogP contribution in [0.4, 0.5) is 0 Å². The highest BCUT2D eigenvalue weighted by Crippen LogP contribution is 2.28. The third-order valence-electron chi connectivity index (χ3n) is 3.42. The van der Waals surface area contributed by atoms with Crippen LogP contribution >= 0.6 is 0 Å². The molecule has 0 radical (unpaired) electrons. The summed E-state index contributed by atoms with van der Waals surface area (Å²) in [6.07, 6.45) is 2.59. The number of benzene rings is 1. The Morgan fingerprint density at radius 1 is 1.25 bits per heavy atom. The van der Waals surface area contributed by atoms with Crippen LogP contribution in [0.25, 0.3) is 16.4 Å². The van der Waals surface area contributed by atoms with Gasteiger partial charge in [0.1, 0.15) is 11.8 Å². The Kier molecular flexibility index (Phi) is 3.87. The fourth-order valence-electron chi connectivity index (χ4n) is 2.58. The number of nitriles is 1. The van der Waals surface area contributed by atoms with Crippen LogP contribution in [0.3, 0.4) is 0 Å². The molecule has 24 heavy (non-hydrogen) atoms. The lowest BCUT2D eigenvalue weighted by molar-refractivity contribution is 0.0985. The third-order valence-corrected chi connectivity index (χ3v) is 3.98. The van der Waals surface area contributed by atoms with Crippen LogP contribution in [0.5, 0.6) is 5.75 Å². The van der Waals surface area contributed by atoms with Crippen molar-refractivity contribution in [3.8, 4) is 11.8 Å². The topological polar surface area (TPSA) is 101 Å². The van der Waals surface area contributed by atoms with Crippen molar-refractivity contribution in [3.05, 3.63) is 48.2 Å². The molecule has 3 aromatic rings. The summed E-state index contributed by atoms with van der Waals surface area (Å²) >= 11 is 0. The number of para-hydroxylation sites is 1. The molecule has 0 bridgehead atoms. The number of hydrogen-bond donors (Lipinski definition) is 1. The summed E-state index contributed by atoms with van der Waals surface area (Å²) in [5, 5.41) is 9.23. The molecule has 2 aromatic heterocycles. The van der Waals surface area contributed by atoms with Gasteiger partial charge >= 0.3 is 0 Å². The van der Waals surface area contributed by atoms with Crippen LogP contribution in [0.2, 0.25) is 0 Å². The number of hydrogen-bond acceptors (Lipinski definition) is 5. The molecule has 8 heteroatoms. The lowest BCUT2D eigenvalue weighted by atomic mass is 10.1. The molecular weight excluding hydrogens is 330 g/mol. The molecule has 1 amide bonds. The van der Waals surface area contributed by atoms with E-state index in [1.807, 2.05) is 22.9 Å². The van der Waals surface area contributed by atoms with Gasteiger partial charge in [-0.3, -0.25) is 4.79 Å². The van der Waals surface area contributed by atoms with Crippen molar-refractivity contribution < 1.29 is 17.9 Å². The number of rotatable bonds is 4. The van der Waals surface area contributed by atoms with Crippen molar-refractivity contribution in [2.75, 3.05) is 12.9 Å². The van der Waals surface area contributed by atoms with Crippen LogP contribution in [0, 0.1) is 11.3 Å². The van der Waals surface area contributed by atoms with E-state index in [0.717, 1.165) is 11.8 Å². The number of fused-ring (bicyclic) bond motifs is 3. The summed E-state index contributed by atoms with van der Waals surface area (Å²) in [6, 6.07) is 12.3. The first kappa shape index (κ1) is 15.8. The summed E-state index contributed by atoms with van der Waals surface area (Å²) in [5.41, 5.74) is 1.54. The van der Waals surface area contributed by atoms with Gasteiger partial charge < -0.3 is 9.14 Å². The Bertz CT molecular complexity index is 1090. The lowest BCUT2D eigenvalue weighted by Gasteiger charge is -2.05. The van der Waals surface area contributed by atoms with Gasteiger partial charge in [-0.25, -0.2) is 13.1 Å². The number of carbonyl (C=O) groups excluding carboxylic acids is 1. The number of sulfonamides is 1. The fraction of sp³-hybridized carbons (Fsp3) is 0.125. The summed E-state index contributed by atoms with van der Waals surface area (Å²) in [6.45, 7) is -0.0911. The number of amides is 1. The van der Waals surface area contributed by atoms with Crippen molar-refractivity contribution in [1.82, 2.24) is 9.12 Å². The van der Waals surface area contributed by atoms with E-state index in [1.54, 1.807) is 34.9 Å². The fourth-order valence-corrected chi connectivity index (χ4v) is 3.02. The second-order valence-electron chi connectivity index (χ2n) is 5.16. The van der Waals surface area contributed by atoms with Crippen LogP contribution in [-0.4, -0.2) is 31.6 Å². The molecule has 0 aliphatic rings. The van der Waals surface area contributed by atoms with Gasteiger partial charge in [-0.05, 0) is 18.2 Å². The number of nitrogens with one attached hydrogen (secondary N) is 1. The van der Waals surface area contributed by atoms with Crippen molar-refractivity contribution in [1.29, 1.82) is 5.26 Å². The van der Waals surface area contributed by atoms with Crippen molar-refractivity contribution in [2.24, 2.45) is 0 Å². The smallest absolute Gasteiger partial charge is 0.267 e. The molecule has 1 aromatic carbocycles. The molecule has 0 spiro atoms. The maximum Gasteiger partial charge on any atom is 0.267 e. The molecule has 122 valence electrons. The first-order valence-corrected chi connectivity index (χ1v) is 8.84. The predicted octanol–water partition coefficient (Wildman–Crippen LogP) is 1.68. The van der Waals surface area contributed by atoms with Crippen LogP contribution in [-0.2, 0) is 10.0 Å². The van der Waals surface area contributed by atoms with Gasteiger partial charge in [-0.15, -0.1) is 0 Å². The van der Waals surface area contributed by atoms with Crippen LogP contribution in [0.15, 0.2) is 42.6 Å². The maximum absolute atomic E-state index is 12.4. The summed E-state index contributed by atoms with van der Waals surface area (Å²) in [4.78, 5) is 12.4. The Morgan fingerprint density at radius 3 is 2.71 bits per heavy atom. The zero-order valence-corrected chi connectivity index (χ0v) is 13.5. The number of pyridine rings is 1. The normalized spacial score (nSPS) is 11.3. The van der Waals surface area contributed by atoms with E-state index in [9.17, 15) is 13.2 Å². The maximum atomic E-state index is 12.4. The molecule has 0 fully saturated rings. The zero-order valence-electron chi connectivity index (χ0n) is 12.7. The van der Waals surface area contributed by atoms with E-state index in [4.69, 9.17) is 10.00 Å². The van der Waals surface area contributed by atoms with Gasteiger partial charge in [0.25, 0.3) is 5.91 Å². The standard InChI is InChI=1S/C16H13N3O4S/c1-24(21,22)18-16(20)15-12-4-2-3-5-13(12)19-10-11(23-9-8-17)6-7-14(15)19/h2-7,10H,9H2,1H3,(H,18,20). The van der Waals surface area contributed by atoms with Crippen molar-refractivity contribution in [3.63, 3.8) is 0 Å². The van der Waals surface area contributed by atoms with E-state index >= 15 is 0 Å². The second kappa shape index (κ2) is 5.86. The Balaban J connectivity index is 2.24. The number of carbonyl (C=O) groups is 1. The first-order valence-electron chi connectivity index (χ1n) is 6.95. The largest absolute Gasteiger partial charge is 0.477 e. The number of nitrogens with zero attached hydrogens (tertiary/aromatic N) is 2. The lowest BCUT2D eigenvalue weighted by Crippen LogP contribution is -2.29. The molecule has 0 atom stereocenters. The van der Waals surface area contributed by atoms with E-state index in [0.29, 0.717) is 16.7 Å². The molecule has 7 nitrogen and oxygen atoms in total. The van der Waals surface area contributed by atoms with Crippen LogP contribution < -0.4 is 9.46 Å². The molecule has 0 saturated carbocycles. The second-order valence-corrected chi connectivity index (χ2v) is 6.91. The highest BCUT2D eigenvalue weighted by atomic mass is 32.2. The van der Waals surface area contributed by atoms with Gasteiger partial charge in [0.2, 0.25) is 10.0 Å². The van der Waals surface area contributed by atoms with Gasteiger partial charge in [-0.1, -0.05) is 18.2 Å². The third kappa shape index (κ3) is 2.89. The van der Waals surface area contributed by atoms with E-state index < -0.39 is 15.9 Å². The molecule has 3 rings (SSSR count). The number of aromatic nitrogens is 1. The molecule has 0 saturated heterocycles. The Morgan fingerprint density at radius 2 is 2.00 bits per heavy atom. The van der Waals surface area contributed by atoms with Gasteiger partial charge in [0.05, 0.1) is 29.0 Å². The average Bonchev–Trinajstić information content (AvgIpc) is 2.85. The van der Waals surface area contributed by atoms with Gasteiger partial charge in [0, 0.05) is 5.39 Å². The summed E-state index contributed by atoms with van der Waals surface area (Å²) in [7, 11) is -3.68.